The Morgan fingerprint density at radius 2 is 1.71 bits per heavy atom. The number of unbranched alkanes of at least 4 members (excludes halogenated alkanes) is 4. The highest BCUT2D eigenvalue weighted by atomic mass is 31.2. The van der Waals surface area contributed by atoms with Crippen molar-refractivity contribution in [2.45, 2.75) is 45.4 Å². The topological polar surface area (TPSA) is 49.7 Å². The van der Waals surface area contributed by atoms with Crippen LogP contribution in [-0.2, 0) is 4.52 Å². The van der Waals surface area contributed by atoms with Crippen molar-refractivity contribution in [2.75, 3.05) is 6.61 Å². The third-order valence-electron chi connectivity index (χ3n) is 1.68. The van der Waals surface area contributed by atoms with Crippen molar-refractivity contribution in [3.63, 3.8) is 0 Å². The van der Waals surface area contributed by atoms with Crippen molar-refractivity contribution in [3.05, 3.63) is 0 Å². The second-order valence-corrected chi connectivity index (χ2v) is 3.76. The lowest BCUT2D eigenvalue weighted by atomic mass is 10.2. The molecule has 2 N–H and O–H groups in total. The first-order valence-corrected chi connectivity index (χ1v) is 6.20. The van der Waals surface area contributed by atoms with E-state index in [0.29, 0.717) is 6.61 Å². The molecule has 0 fully saturated rings. The summed E-state index contributed by atoms with van der Waals surface area (Å²) in [5.41, 5.74) is 0. The molecular weight excluding hydrogens is 199 g/mol. The number of hydrogen-bond acceptors (Lipinski definition) is 3. The zero-order valence-electron chi connectivity index (χ0n) is 8.70. The van der Waals surface area contributed by atoms with Crippen molar-refractivity contribution in [2.24, 2.45) is 0 Å². The van der Waals surface area contributed by atoms with Gasteiger partial charge in [-0.15, -0.1) is 11.8 Å². The minimum absolute atomic E-state index is 0.412. The summed E-state index contributed by atoms with van der Waals surface area (Å²) in [4.78, 5) is 16.8. The van der Waals surface area contributed by atoms with E-state index in [1.165, 1.54) is 12.8 Å². The van der Waals surface area contributed by atoms with Gasteiger partial charge in [-0.05, 0) is 19.3 Å². The van der Waals surface area contributed by atoms with Gasteiger partial charge >= 0.3 is 8.60 Å². The average Bonchev–Trinajstić information content (AvgIpc) is 2.15. The number of rotatable bonds is 7. The summed E-state index contributed by atoms with van der Waals surface area (Å²) in [5, 5.41) is 0. The smallest absolute Gasteiger partial charge is 0.327 e. The highest BCUT2D eigenvalue weighted by Crippen LogP contribution is 2.24. The van der Waals surface area contributed by atoms with Crippen LogP contribution in [0.25, 0.3) is 0 Å². The Bertz CT molecular complexity index is 172. The molecule has 14 heavy (non-hydrogen) atoms. The van der Waals surface area contributed by atoms with Crippen LogP contribution in [0.2, 0.25) is 0 Å². The minimum Gasteiger partial charge on any atom is -0.328 e. The van der Waals surface area contributed by atoms with Gasteiger partial charge < -0.3 is 14.3 Å². The van der Waals surface area contributed by atoms with Crippen LogP contribution in [0.15, 0.2) is 0 Å². The Morgan fingerprint density at radius 1 is 1.07 bits per heavy atom. The number of hydrogen-bond donors (Lipinski definition) is 2. The molecule has 3 nitrogen and oxygen atoms in total. The van der Waals surface area contributed by atoms with Crippen molar-refractivity contribution in [1.29, 1.82) is 0 Å². The molecule has 0 heterocycles. The third-order valence-corrected chi connectivity index (χ3v) is 2.10. The lowest BCUT2D eigenvalue weighted by Crippen LogP contribution is -1.88. The molecular formula is C10H19O3P. The summed E-state index contributed by atoms with van der Waals surface area (Å²) in [6, 6.07) is 0. The first-order chi connectivity index (χ1) is 6.77. The second kappa shape index (κ2) is 10.9. The van der Waals surface area contributed by atoms with Crippen LogP contribution >= 0.6 is 8.60 Å². The molecule has 0 saturated carbocycles. The van der Waals surface area contributed by atoms with Crippen LogP contribution in [0, 0.1) is 11.8 Å². The van der Waals surface area contributed by atoms with Gasteiger partial charge in [-0.3, -0.25) is 0 Å². The normalized spacial score (nSPS) is 10.0. The van der Waals surface area contributed by atoms with E-state index < -0.39 is 8.60 Å². The Balaban J connectivity index is 3.07. The Kier molecular flexibility index (Phi) is 10.8. The first kappa shape index (κ1) is 13.9. The molecule has 0 aliphatic rings. The molecule has 0 aromatic carbocycles. The Labute approximate surface area is 87.5 Å². The van der Waals surface area contributed by atoms with Crippen LogP contribution in [0.5, 0.6) is 0 Å². The standard InChI is InChI=1S/C10H19O3P/c1-2-3-4-5-6-7-8-9-10-13-14(11)12/h11-12H,2-4,7-10H2,1H3. The molecule has 0 aromatic heterocycles. The molecule has 0 spiro atoms. The first-order valence-electron chi connectivity index (χ1n) is 5.04. The van der Waals surface area contributed by atoms with Crippen molar-refractivity contribution >= 4 is 8.60 Å². The SMILES string of the molecule is CCCCC#CCCCCOP(O)O. The van der Waals surface area contributed by atoms with Gasteiger partial charge in [-0.1, -0.05) is 13.3 Å². The molecule has 0 rings (SSSR count). The summed E-state index contributed by atoms with van der Waals surface area (Å²) in [7, 11) is -2.17. The maximum absolute atomic E-state index is 8.42. The molecule has 0 radical (unpaired) electrons. The molecule has 0 bridgehead atoms. The molecule has 0 aliphatic heterocycles. The van der Waals surface area contributed by atoms with Crippen molar-refractivity contribution < 1.29 is 14.3 Å². The van der Waals surface area contributed by atoms with E-state index >= 15 is 0 Å². The van der Waals surface area contributed by atoms with Gasteiger partial charge in [0.2, 0.25) is 0 Å². The van der Waals surface area contributed by atoms with Crippen LogP contribution in [0.1, 0.15) is 45.4 Å². The zero-order valence-corrected chi connectivity index (χ0v) is 9.59. The van der Waals surface area contributed by atoms with E-state index in [-0.39, 0.29) is 0 Å². The monoisotopic (exact) mass is 218 g/mol. The van der Waals surface area contributed by atoms with Gasteiger partial charge in [-0.25, -0.2) is 0 Å². The predicted molar refractivity (Wildman–Crippen MR) is 58.5 cm³/mol. The van der Waals surface area contributed by atoms with E-state index in [9.17, 15) is 0 Å². The summed E-state index contributed by atoms with van der Waals surface area (Å²) >= 11 is 0. The average molecular weight is 218 g/mol. The molecule has 0 aromatic rings. The van der Waals surface area contributed by atoms with Gasteiger partial charge in [-0.2, -0.15) is 0 Å². The summed E-state index contributed by atoms with van der Waals surface area (Å²) in [6.07, 6.45) is 6.03. The fraction of sp³-hybridized carbons (Fsp3) is 0.800. The Morgan fingerprint density at radius 3 is 2.29 bits per heavy atom. The molecule has 0 aliphatic carbocycles. The molecule has 4 heteroatoms. The van der Waals surface area contributed by atoms with Crippen LogP contribution in [0.3, 0.4) is 0 Å². The summed E-state index contributed by atoms with van der Waals surface area (Å²) < 4.78 is 4.61. The second-order valence-electron chi connectivity index (χ2n) is 3.00. The molecule has 0 amide bonds. The van der Waals surface area contributed by atoms with Gasteiger partial charge in [0.15, 0.2) is 0 Å². The van der Waals surface area contributed by atoms with E-state index in [2.05, 4.69) is 23.3 Å². The van der Waals surface area contributed by atoms with E-state index in [1.54, 1.807) is 0 Å². The van der Waals surface area contributed by atoms with E-state index in [0.717, 1.165) is 25.7 Å². The lowest BCUT2D eigenvalue weighted by Gasteiger charge is -2.01. The van der Waals surface area contributed by atoms with Crippen molar-refractivity contribution in [3.8, 4) is 11.8 Å². The largest absolute Gasteiger partial charge is 0.328 e. The highest BCUT2D eigenvalue weighted by Gasteiger charge is 1.96. The van der Waals surface area contributed by atoms with Crippen molar-refractivity contribution in [1.82, 2.24) is 0 Å². The Hall–Kier alpha value is -0.130. The fourth-order valence-electron chi connectivity index (χ4n) is 0.904. The third kappa shape index (κ3) is 11.9. The predicted octanol–water partition coefficient (Wildman–Crippen LogP) is 2.58. The zero-order chi connectivity index (χ0) is 10.6. The van der Waals surface area contributed by atoms with Crippen LogP contribution in [0.4, 0.5) is 0 Å². The van der Waals surface area contributed by atoms with E-state index in [4.69, 9.17) is 9.79 Å². The van der Waals surface area contributed by atoms with Gasteiger partial charge in [0, 0.05) is 12.8 Å². The lowest BCUT2D eigenvalue weighted by molar-refractivity contribution is 0.250. The highest BCUT2D eigenvalue weighted by molar-refractivity contribution is 7.39. The summed E-state index contributed by atoms with van der Waals surface area (Å²) in [6.45, 7) is 2.57. The van der Waals surface area contributed by atoms with Gasteiger partial charge in [0.1, 0.15) is 0 Å². The van der Waals surface area contributed by atoms with Gasteiger partial charge in [0.25, 0.3) is 0 Å². The van der Waals surface area contributed by atoms with Crippen LogP contribution in [-0.4, -0.2) is 16.4 Å². The molecule has 0 atom stereocenters. The minimum atomic E-state index is -2.17. The van der Waals surface area contributed by atoms with Crippen LogP contribution < -0.4 is 0 Å². The fourth-order valence-corrected chi connectivity index (χ4v) is 1.20. The van der Waals surface area contributed by atoms with E-state index in [1.807, 2.05) is 0 Å². The quantitative estimate of drug-likeness (QED) is 0.392. The molecule has 0 unspecified atom stereocenters. The molecule has 82 valence electrons. The maximum Gasteiger partial charge on any atom is 0.327 e. The van der Waals surface area contributed by atoms with Gasteiger partial charge in [0.05, 0.1) is 6.61 Å². The summed E-state index contributed by atoms with van der Waals surface area (Å²) in [5.74, 6) is 6.18. The molecule has 0 saturated heterocycles. The maximum atomic E-state index is 8.42.